The third kappa shape index (κ3) is 1.90. The van der Waals surface area contributed by atoms with Crippen LogP contribution in [0.15, 0.2) is 4.79 Å². The van der Waals surface area contributed by atoms with Crippen molar-refractivity contribution >= 4 is 0 Å². The fourth-order valence-electron chi connectivity index (χ4n) is 2.69. The first kappa shape index (κ1) is 15.1. The number of rotatable bonds is 2. The highest BCUT2D eigenvalue weighted by Crippen LogP contribution is 2.37. The van der Waals surface area contributed by atoms with Crippen molar-refractivity contribution in [3.63, 3.8) is 0 Å². The molecule has 22 heavy (non-hydrogen) atoms. The van der Waals surface area contributed by atoms with E-state index in [-0.39, 0.29) is 24.0 Å². The van der Waals surface area contributed by atoms with Gasteiger partial charge in [-0.1, -0.05) is 0 Å². The highest BCUT2D eigenvalue weighted by molar-refractivity contribution is 5.51. The van der Waals surface area contributed by atoms with Crippen molar-refractivity contribution < 1.29 is 9.85 Å². The van der Waals surface area contributed by atoms with Gasteiger partial charge in [-0.05, 0) is 19.3 Å². The molecule has 0 saturated heterocycles. The Hall–Kier alpha value is -3.27. The van der Waals surface area contributed by atoms with E-state index in [1.54, 1.807) is 12.1 Å². The molecule has 10 nitrogen and oxygen atoms in total. The first-order valence-electron chi connectivity index (χ1n) is 6.29. The smallest absolute Gasteiger partial charge is 0.312 e. The van der Waals surface area contributed by atoms with Crippen molar-refractivity contribution in [3.05, 3.63) is 53.0 Å². The maximum absolute atomic E-state index is 11.9. The van der Waals surface area contributed by atoms with Gasteiger partial charge in [0.25, 0.3) is 5.56 Å². The van der Waals surface area contributed by atoms with E-state index in [9.17, 15) is 30.3 Å². The van der Waals surface area contributed by atoms with Gasteiger partial charge in [0.2, 0.25) is 0 Å². The van der Waals surface area contributed by atoms with Gasteiger partial charge in [-0.3, -0.25) is 25.0 Å². The number of hydrogen-bond donors (Lipinski definition) is 1. The zero-order chi connectivity index (χ0) is 16.5. The van der Waals surface area contributed by atoms with Gasteiger partial charge < -0.3 is 4.98 Å². The van der Waals surface area contributed by atoms with Crippen LogP contribution in [-0.2, 0) is 12.1 Å². The topological polar surface area (TPSA) is 167 Å². The number of aromatic amines is 1. The Bertz CT molecular complexity index is 799. The number of nitrogens with one attached hydrogen (secondary N) is 1. The van der Waals surface area contributed by atoms with Crippen molar-refractivity contribution in [3.8, 4) is 12.1 Å². The molecule has 10 heteroatoms. The molecule has 1 heterocycles. The van der Waals surface area contributed by atoms with E-state index in [1.807, 2.05) is 0 Å². The first-order valence-corrected chi connectivity index (χ1v) is 6.29. The number of fused-ring (bicyclic) bond motifs is 1. The van der Waals surface area contributed by atoms with Crippen LogP contribution in [0.2, 0.25) is 0 Å². The summed E-state index contributed by atoms with van der Waals surface area (Å²) < 4.78 is 0. The van der Waals surface area contributed by atoms with Crippen LogP contribution in [0, 0.1) is 42.9 Å². The normalized spacial score (nSPS) is 15.7. The average Bonchev–Trinajstić information content (AvgIpc) is 2.65. The Kier molecular flexibility index (Phi) is 3.61. The lowest BCUT2D eigenvalue weighted by atomic mass is 9.94. The summed E-state index contributed by atoms with van der Waals surface area (Å²) in [7, 11) is 0. The van der Waals surface area contributed by atoms with Crippen LogP contribution >= 0.6 is 0 Å². The molecule has 0 spiro atoms. The van der Waals surface area contributed by atoms with Crippen LogP contribution in [0.25, 0.3) is 0 Å². The summed E-state index contributed by atoms with van der Waals surface area (Å²) in [6.45, 7) is 0. The molecule has 0 saturated carbocycles. The number of nitriles is 2. The van der Waals surface area contributed by atoms with Crippen LogP contribution in [0.5, 0.6) is 0 Å². The van der Waals surface area contributed by atoms with E-state index in [2.05, 4.69) is 4.98 Å². The van der Waals surface area contributed by atoms with E-state index < -0.39 is 38.7 Å². The number of nitrogens with zero attached hydrogens (tertiary/aromatic N) is 4. The molecule has 0 bridgehead atoms. The maximum atomic E-state index is 11.9. The number of pyridine rings is 1. The number of nitro groups is 2. The molecule has 1 aromatic rings. The first-order chi connectivity index (χ1) is 10.4. The van der Waals surface area contributed by atoms with Crippen LogP contribution in [0.1, 0.15) is 41.6 Å². The van der Waals surface area contributed by atoms with Gasteiger partial charge in [-0.2, -0.15) is 10.5 Å². The minimum Gasteiger partial charge on any atom is -0.312 e. The SMILES string of the molecule is N#Cc1c2c([nH]c(=O)c1C#N)C([N+](=O)[O-])([N+](=O)[O-])CCCC2. The van der Waals surface area contributed by atoms with E-state index in [0.717, 1.165) is 0 Å². The summed E-state index contributed by atoms with van der Waals surface area (Å²) in [5, 5.41) is 40.9. The van der Waals surface area contributed by atoms with Crippen LogP contribution in [-0.4, -0.2) is 14.8 Å². The molecule has 0 unspecified atom stereocenters. The van der Waals surface area contributed by atoms with E-state index in [4.69, 9.17) is 5.26 Å². The number of hydrogen-bond acceptors (Lipinski definition) is 7. The quantitative estimate of drug-likeness (QED) is 0.360. The molecule has 2 rings (SSSR count). The predicted molar refractivity (Wildman–Crippen MR) is 69.7 cm³/mol. The summed E-state index contributed by atoms with van der Waals surface area (Å²) in [4.78, 5) is 34.7. The van der Waals surface area contributed by atoms with Gasteiger partial charge in [0.1, 0.15) is 27.5 Å². The van der Waals surface area contributed by atoms with Gasteiger partial charge in [-0.25, -0.2) is 0 Å². The minimum absolute atomic E-state index is 0.00421. The van der Waals surface area contributed by atoms with Crippen molar-refractivity contribution in [1.82, 2.24) is 4.98 Å². The Morgan fingerprint density at radius 1 is 1.09 bits per heavy atom. The summed E-state index contributed by atoms with van der Waals surface area (Å²) >= 11 is 0. The van der Waals surface area contributed by atoms with Gasteiger partial charge in [0, 0.05) is 5.56 Å². The molecule has 0 amide bonds. The molecule has 1 aliphatic rings. The third-order valence-electron chi connectivity index (χ3n) is 3.75. The molecular formula is C12H9N5O5. The maximum Gasteiger partial charge on any atom is 0.498 e. The molecule has 112 valence electrons. The highest BCUT2D eigenvalue weighted by atomic mass is 16.7. The molecule has 1 N–H and O–H groups in total. The second kappa shape index (κ2) is 5.26. The standard InChI is InChI=1S/C12H9N5O5/c13-5-8-7-3-1-2-4-12(16(19)20,17(21)22)10(7)15-11(18)9(8)6-14/h1-4H2,(H,15,18). The molecule has 0 radical (unpaired) electrons. The van der Waals surface area contributed by atoms with E-state index in [0.29, 0.717) is 6.42 Å². The van der Waals surface area contributed by atoms with Gasteiger partial charge in [0.05, 0.1) is 12.0 Å². The Balaban J connectivity index is 2.98. The highest BCUT2D eigenvalue weighted by Gasteiger charge is 2.61. The molecular weight excluding hydrogens is 294 g/mol. The minimum atomic E-state index is -2.70. The summed E-state index contributed by atoms with van der Waals surface area (Å²) in [5.74, 6) is 0. The molecule has 0 fully saturated rings. The lowest BCUT2D eigenvalue weighted by Gasteiger charge is -2.17. The molecule has 0 aliphatic heterocycles. The van der Waals surface area contributed by atoms with Crippen molar-refractivity contribution in [2.45, 2.75) is 31.3 Å². The van der Waals surface area contributed by atoms with Crippen molar-refractivity contribution in [1.29, 1.82) is 10.5 Å². The van der Waals surface area contributed by atoms with Crippen LogP contribution in [0.3, 0.4) is 0 Å². The largest absolute Gasteiger partial charge is 0.498 e. The molecule has 1 aromatic heterocycles. The third-order valence-corrected chi connectivity index (χ3v) is 3.75. The lowest BCUT2D eigenvalue weighted by molar-refractivity contribution is -0.812. The number of aromatic nitrogens is 1. The Morgan fingerprint density at radius 2 is 1.68 bits per heavy atom. The second-order valence-electron chi connectivity index (χ2n) is 4.82. The monoisotopic (exact) mass is 303 g/mol. The predicted octanol–water partition coefficient (Wildman–Crippen LogP) is 0.551. The summed E-state index contributed by atoms with van der Waals surface area (Å²) in [6.07, 6.45) is 0.313. The molecule has 0 atom stereocenters. The van der Waals surface area contributed by atoms with Crippen LogP contribution in [0.4, 0.5) is 0 Å². The van der Waals surface area contributed by atoms with Crippen molar-refractivity contribution in [2.24, 2.45) is 0 Å². The average molecular weight is 303 g/mol. The second-order valence-corrected chi connectivity index (χ2v) is 4.82. The van der Waals surface area contributed by atoms with E-state index in [1.165, 1.54) is 0 Å². The molecule has 0 aromatic carbocycles. The molecule has 1 aliphatic carbocycles. The fraction of sp³-hybridized carbons (Fsp3) is 0.417. The zero-order valence-electron chi connectivity index (χ0n) is 11.2. The Labute approximate surface area is 122 Å². The van der Waals surface area contributed by atoms with E-state index >= 15 is 0 Å². The lowest BCUT2D eigenvalue weighted by Crippen LogP contribution is -2.45. The van der Waals surface area contributed by atoms with Gasteiger partial charge in [0.15, 0.2) is 5.69 Å². The fourth-order valence-corrected chi connectivity index (χ4v) is 2.69. The zero-order valence-corrected chi connectivity index (χ0v) is 11.2. The summed E-state index contributed by atoms with van der Waals surface area (Å²) in [6, 6.07) is 3.24. The van der Waals surface area contributed by atoms with Crippen molar-refractivity contribution in [2.75, 3.05) is 0 Å². The summed E-state index contributed by atoms with van der Waals surface area (Å²) in [5.41, 5.74) is -5.04. The Morgan fingerprint density at radius 3 is 2.18 bits per heavy atom. The van der Waals surface area contributed by atoms with Gasteiger partial charge in [-0.15, -0.1) is 0 Å². The van der Waals surface area contributed by atoms with Crippen LogP contribution < -0.4 is 5.56 Å². The van der Waals surface area contributed by atoms with Gasteiger partial charge >= 0.3 is 5.66 Å². The number of H-pyrrole nitrogens is 1.